The first-order valence-electron chi connectivity index (χ1n) is 5.54. The van der Waals surface area contributed by atoms with E-state index in [-0.39, 0.29) is 17.1 Å². The third-order valence-corrected chi connectivity index (χ3v) is 2.20. The van der Waals surface area contributed by atoms with Crippen LogP contribution < -0.4 is 5.32 Å². The number of ether oxygens (including phenoxy) is 2. The van der Waals surface area contributed by atoms with Gasteiger partial charge in [-0.2, -0.15) is 5.26 Å². The number of aromatic nitrogens is 1. The van der Waals surface area contributed by atoms with E-state index in [1.54, 1.807) is 13.2 Å². The highest BCUT2D eigenvalue weighted by atomic mass is 16.6. The smallest absolute Gasteiger partial charge is 0.328 e. The summed E-state index contributed by atoms with van der Waals surface area (Å²) >= 11 is 0. The molecule has 19 heavy (non-hydrogen) atoms. The predicted octanol–water partition coefficient (Wildman–Crippen LogP) is 0.936. The van der Waals surface area contributed by atoms with Crippen LogP contribution in [0.5, 0.6) is 0 Å². The van der Waals surface area contributed by atoms with Gasteiger partial charge >= 0.3 is 5.69 Å². The lowest BCUT2D eigenvalue weighted by atomic mass is 10.2. The number of anilines is 1. The van der Waals surface area contributed by atoms with Gasteiger partial charge in [-0.05, 0) is 6.07 Å². The van der Waals surface area contributed by atoms with Crippen LogP contribution in [0.3, 0.4) is 0 Å². The van der Waals surface area contributed by atoms with Crippen molar-refractivity contribution < 1.29 is 14.4 Å². The molecule has 1 aromatic rings. The molecule has 0 fully saturated rings. The van der Waals surface area contributed by atoms with Crippen LogP contribution >= 0.6 is 0 Å². The lowest BCUT2D eigenvalue weighted by Gasteiger charge is -2.07. The molecule has 8 heteroatoms. The zero-order chi connectivity index (χ0) is 14.1. The first-order chi connectivity index (χ1) is 9.20. The van der Waals surface area contributed by atoms with Crippen molar-refractivity contribution in [2.75, 3.05) is 38.8 Å². The lowest BCUT2D eigenvalue weighted by Crippen LogP contribution is -2.14. The summed E-state index contributed by atoms with van der Waals surface area (Å²) in [6.07, 6.45) is 1.35. The molecule has 1 aromatic heterocycles. The Labute approximate surface area is 110 Å². The van der Waals surface area contributed by atoms with Gasteiger partial charge < -0.3 is 14.8 Å². The number of hydrogen-bond donors (Lipinski definition) is 1. The fourth-order valence-electron chi connectivity index (χ4n) is 1.34. The van der Waals surface area contributed by atoms with E-state index < -0.39 is 4.92 Å². The topological polar surface area (TPSA) is 110 Å². The van der Waals surface area contributed by atoms with Crippen LogP contribution in [0.2, 0.25) is 0 Å². The summed E-state index contributed by atoms with van der Waals surface area (Å²) < 4.78 is 10.0. The van der Waals surface area contributed by atoms with Crippen LogP contribution in [0.1, 0.15) is 5.56 Å². The summed E-state index contributed by atoms with van der Waals surface area (Å²) in [5, 5.41) is 22.5. The molecule has 0 unspecified atom stereocenters. The molecule has 0 spiro atoms. The summed E-state index contributed by atoms with van der Waals surface area (Å²) in [7, 11) is 1.57. The number of methoxy groups -OCH3 is 1. The Morgan fingerprint density at radius 3 is 2.95 bits per heavy atom. The molecule has 0 aromatic carbocycles. The Hall–Kier alpha value is -2.24. The third kappa shape index (κ3) is 4.50. The number of hydrogen-bond acceptors (Lipinski definition) is 7. The van der Waals surface area contributed by atoms with Crippen LogP contribution in [0, 0.1) is 21.4 Å². The van der Waals surface area contributed by atoms with Crippen LogP contribution in [0.15, 0.2) is 12.3 Å². The molecular weight excluding hydrogens is 252 g/mol. The Morgan fingerprint density at radius 1 is 1.53 bits per heavy atom. The summed E-state index contributed by atoms with van der Waals surface area (Å²) in [4.78, 5) is 14.1. The SMILES string of the molecule is COCCOCCNc1nccc(C#N)c1[N+](=O)[O-]. The summed E-state index contributed by atoms with van der Waals surface area (Å²) in [6.45, 7) is 1.65. The average molecular weight is 266 g/mol. The zero-order valence-electron chi connectivity index (χ0n) is 10.5. The molecule has 0 aliphatic heterocycles. The molecule has 0 amide bonds. The van der Waals surface area contributed by atoms with Gasteiger partial charge in [-0.25, -0.2) is 4.98 Å². The molecule has 8 nitrogen and oxygen atoms in total. The highest BCUT2D eigenvalue weighted by molar-refractivity contribution is 5.63. The van der Waals surface area contributed by atoms with Gasteiger partial charge in [0.05, 0.1) is 24.7 Å². The van der Waals surface area contributed by atoms with Gasteiger partial charge in [0.2, 0.25) is 5.82 Å². The van der Waals surface area contributed by atoms with Gasteiger partial charge in [-0.3, -0.25) is 10.1 Å². The Balaban J connectivity index is 2.59. The van der Waals surface area contributed by atoms with Crippen molar-refractivity contribution in [2.24, 2.45) is 0 Å². The predicted molar refractivity (Wildman–Crippen MR) is 66.8 cm³/mol. The minimum absolute atomic E-state index is 0.0252. The number of nitrogens with one attached hydrogen (secondary N) is 1. The molecule has 102 valence electrons. The quantitative estimate of drug-likeness (QED) is 0.423. The molecule has 0 aliphatic carbocycles. The second-order valence-electron chi connectivity index (χ2n) is 3.46. The molecule has 1 heterocycles. The van der Waals surface area contributed by atoms with E-state index in [4.69, 9.17) is 14.7 Å². The van der Waals surface area contributed by atoms with Crippen molar-refractivity contribution in [3.8, 4) is 6.07 Å². The largest absolute Gasteiger partial charge is 0.382 e. The monoisotopic (exact) mass is 266 g/mol. The molecule has 1 N–H and O–H groups in total. The number of pyridine rings is 1. The standard InChI is InChI=1S/C11H14N4O4/c1-18-6-7-19-5-4-14-11-10(15(16)17)9(8-12)2-3-13-11/h2-3H,4-7H2,1H3,(H,13,14). The molecule has 0 radical (unpaired) electrons. The van der Waals surface area contributed by atoms with Crippen LogP contribution in [-0.4, -0.2) is 43.4 Å². The van der Waals surface area contributed by atoms with Crippen LogP contribution in [-0.2, 0) is 9.47 Å². The van der Waals surface area contributed by atoms with E-state index in [0.717, 1.165) is 0 Å². The zero-order valence-corrected chi connectivity index (χ0v) is 10.5. The fraction of sp³-hybridized carbons (Fsp3) is 0.455. The first kappa shape index (κ1) is 14.8. The number of rotatable bonds is 8. The van der Waals surface area contributed by atoms with Crippen molar-refractivity contribution in [1.29, 1.82) is 5.26 Å². The minimum Gasteiger partial charge on any atom is -0.382 e. The Kier molecular flexibility index (Phi) is 6.21. The summed E-state index contributed by atoms with van der Waals surface area (Å²) in [5.74, 6) is 0.0689. The van der Waals surface area contributed by atoms with Crippen LogP contribution in [0.25, 0.3) is 0 Å². The number of nitrogens with zero attached hydrogens (tertiary/aromatic N) is 3. The molecule has 0 saturated carbocycles. The lowest BCUT2D eigenvalue weighted by molar-refractivity contribution is -0.384. The van der Waals surface area contributed by atoms with Crippen molar-refractivity contribution in [2.45, 2.75) is 0 Å². The van der Waals surface area contributed by atoms with Gasteiger partial charge in [0.25, 0.3) is 0 Å². The van der Waals surface area contributed by atoms with Crippen LogP contribution in [0.4, 0.5) is 11.5 Å². The van der Waals surface area contributed by atoms with Gasteiger partial charge in [-0.15, -0.1) is 0 Å². The maximum absolute atomic E-state index is 10.9. The Bertz CT molecular complexity index is 472. The van der Waals surface area contributed by atoms with Gasteiger partial charge in [0.15, 0.2) is 0 Å². The maximum Gasteiger partial charge on any atom is 0.328 e. The third-order valence-electron chi connectivity index (χ3n) is 2.20. The summed E-state index contributed by atoms with van der Waals surface area (Å²) in [5.41, 5.74) is -0.343. The minimum atomic E-state index is -0.625. The fourth-order valence-corrected chi connectivity index (χ4v) is 1.34. The van der Waals surface area contributed by atoms with E-state index >= 15 is 0 Å². The Morgan fingerprint density at radius 2 is 2.32 bits per heavy atom. The molecule has 0 bridgehead atoms. The maximum atomic E-state index is 10.9. The average Bonchev–Trinajstić information content (AvgIpc) is 2.42. The number of nitriles is 1. The van der Waals surface area contributed by atoms with Gasteiger partial charge in [0, 0.05) is 19.9 Å². The molecular formula is C11H14N4O4. The first-order valence-corrected chi connectivity index (χ1v) is 5.54. The molecule has 0 aliphatic rings. The second-order valence-corrected chi connectivity index (χ2v) is 3.46. The highest BCUT2D eigenvalue weighted by Crippen LogP contribution is 2.25. The van der Waals surface area contributed by atoms with E-state index in [9.17, 15) is 10.1 Å². The van der Waals surface area contributed by atoms with E-state index in [0.29, 0.717) is 26.4 Å². The van der Waals surface area contributed by atoms with Crippen molar-refractivity contribution >= 4 is 11.5 Å². The van der Waals surface area contributed by atoms with Crippen molar-refractivity contribution in [3.05, 3.63) is 27.9 Å². The van der Waals surface area contributed by atoms with Gasteiger partial charge in [-0.1, -0.05) is 0 Å². The van der Waals surface area contributed by atoms with Crippen molar-refractivity contribution in [1.82, 2.24) is 4.98 Å². The van der Waals surface area contributed by atoms with E-state index in [1.165, 1.54) is 12.3 Å². The van der Waals surface area contributed by atoms with E-state index in [1.807, 2.05) is 0 Å². The van der Waals surface area contributed by atoms with E-state index in [2.05, 4.69) is 10.3 Å². The summed E-state index contributed by atoms with van der Waals surface area (Å²) in [6, 6.07) is 3.07. The molecule has 0 atom stereocenters. The molecule has 0 saturated heterocycles. The highest BCUT2D eigenvalue weighted by Gasteiger charge is 2.20. The van der Waals surface area contributed by atoms with Crippen molar-refractivity contribution in [3.63, 3.8) is 0 Å². The van der Waals surface area contributed by atoms with Gasteiger partial charge in [0.1, 0.15) is 11.6 Å². The normalized spacial score (nSPS) is 9.89. The molecule has 1 rings (SSSR count). The second kappa shape index (κ2) is 7.97. The number of nitro groups is 1.